The Morgan fingerprint density at radius 2 is 2.22 bits per heavy atom. The first-order valence-electron chi connectivity index (χ1n) is 6.60. The average Bonchev–Trinajstić information content (AvgIpc) is 2.41. The molecule has 18 heavy (non-hydrogen) atoms. The summed E-state index contributed by atoms with van der Waals surface area (Å²) in [6, 6.07) is 1.95. The number of hydrogen-bond donors (Lipinski definition) is 1. The summed E-state index contributed by atoms with van der Waals surface area (Å²) >= 11 is 0. The fraction of sp³-hybridized carbons (Fsp3) is 0.643. The molecule has 0 radical (unpaired) electrons. The number of nitrogens with zero attached hydrogens (tertiary/aromatic N) is 1. The van der Waals surface area contributed by atoms with Gasteiger partial charge in [0.2, 0.25) is 0 Å². The van der Waals surface area contributed by atoms with Gasteiger partial charge in [0.25, 0.3) is 0 Å². The third-order valence-electron chi connectivity index (χ3n) is 3.43. The molecule has 1 N–H and O–H groups in total. The summed E-state index contributed by atoms with van der Waals surface area (Å²) in [6.45, 7) is 0.781. The molecule has 0 amide bonds. The fourth-order valence-electron chi connectivity index (χ4n) is 2.46. The lowest BCUT2D eigenvalue weighted by atomic mass is 9.95. The normalized spacial score (nSPS) is 23.9. The minimum absolute atomic E-state index is 0.265. The van der Waals surface area contributed by atoms with E-state index in [2.05, 4.69) is 10.3 Å². The zero-order chi connectivity index (χ0) is 12.8. The summed E-state index contributed by atoms with van der Waals surface area (Å²) in [5.41, 5.74) is 1.11. The molecule has 0 aliphatic heterocycles. The molecule has 0 saturated heterocycles. The molecule has 100 valence electrons. The molecule has 0 bridgehead atoms. The number of pyridine rings is 1. The summed E-state index contributed by atoms with van der Waals surface area (Å²) in [5, 5.41) is 3.14. The van der Waals surface area contributed by atoms with E-state index in [1.807, 2.05) is 19.3 Å². The van der Waals surface area contributed by atoms with Crippen LogP contribution in [0.1, 0.15) is 31.2 Å². The zero-order valence-electron chi connectivity index (χ0n) is 11.2. The highest BCUT2D eigenvalue weighted by Crippen LogP contribution is 2.26. The maximum atomic E-state index is 6.11. The SMILES string of the molecule is CNCc1cnccc1OC1CCCC(OC)C1. The van der Waals surface area contributed by atoms with Crippen LogP contribution in [0.25, 0.3) is 0 Å². The molecule has 1 fully saturated rings. The van der Waals surface area contributed by atoms with E-state index in [0.29, 0.717) is 6.10 Å². The molecule has 1 aliphatic rings. The Balaban J connectivity index is 1.99. The van der Waals surface area contributed by atoms with E-state index in [1.54, 1.807) is 13.3 Å². The van der Waals surface area contributed by atoms with Crippen molar-refractivity contribution in [1.82, 2.24) is 10.3 Å². The lowest BCUT2D eigenvalue weighted by molar-refractivity contribution is 0.0206. The predicted octanol–water partition coefficient (Wildman–Crippen LogP) is 2.14. The summed E-state index contributed by atoms with van der Waals surface area (Å²) in [6.07, 6.45) is 8.68. The molecular formula is C14H22N2O2. The molecule has 0 spiro atoms. The Kier molecular flexibility index (Phi) is 4.96. The Morgan fingerprint density at radius 3 is 3.00 bits per heavy atom. The van der Waals surface area contributed by atoms with Crippen molar-refractivity contribution in [1.29, 1.82) is 0 Å². The molecule has 2 atom stereocenters. The van der Waals surface area contributed by atoms with Gasteiger partial charge in [-0.2, -0.15) is 0 Å². The van der Waals surface area contributed by atoms with Crippen molar-refractivity contribution < 1.29 is 9.47 Å². The van der Waals surface area contributed by atoms with E-state index < -0.39 is 0 Å². The number of ether oxygens (including phenoxy) is 2. The Hall–Kier alpha value is -1.13. The summed E-state index contributed by atoms with van der Waals surface area (Å²) in [4.78, 5) is 4.14. The Morgan fingerprint density at radius 1 is 1.39 bits per heavy atom. The molecule has 1 aliphatic carbocycles. The third kappa shape index (κ3) is 3.43. The van der Waals surface area contributed by atoms with Crippen molar-refractivity contribution in [2.75, 3.05) is 14.2 Å². The third-order valence-corrected chi connectivity index (χ3v) is 3.43. The molecule has 2 rings (SSSR count). The van der Waals surface area contributed by atoms with Crippen LogP contribution in [0.3, 0.4) is 0 Å². The van der Waals surface area contributed by atoms with Crippen molar-refractivity contribution in [2.45, 2.75) is 44.4 Å². The number of rotatable bonds is 5. The second-order valence-electron chi connectivity index (χ2n) is 4.78. The van der Waals surface area contributed by atoms with Gasteiger partial charge < -0.3 is 14.8 Å². The quantitative estimate of drug-likeness (QED) is 0.869. The van der Waals surface area contributed by atoms with Gasteiger partial charge in [0.05, 0.1) is 6.10 Å². The zero-order valence-corrected chi connectivity index (χ0v) is 11.2. The van der Waals surface area contributed by atoms with Gasteiger partial charge >= 0.3 is 0 Å². The maximum Gasteiger partial charge on any atom is 0.127 e. The van der Waals surface area contributed by atoms with Gasteiger partial charge in [-0.1, -0.05) is 0 Å². The Bertz CT molecular complexity index is 371. The van der Waals surface area contributed by atoms with Crippen LogP contribution >= 0.6 is 0 Å². The molecule has 1 saturated carbocycles. The molecule has 1 heterocycles. The van der Waals surface area contributed by atoms with E-state index in [1.165, 1.54) is 6.42 Å². The highest BCUT2D eigenvalue weighted by molar-refractivity contribution is 5.30. The number of hydrogen-bond acceptors (Lipinski definition) is 4. The number of nitrogens with one attached hydrogen (secondary N) is 1. The second kappa shape index (κ2) is 6.71. The maximum absolute atomic E-state index is 6.11. The minimum atomic E-state index is 0.265. The van der Waals surface area contributed by atoms with Crippen molar-refractivity contribution >= 4 is 0 Å². The standard InChI is InChI=1S/C14H22N2O2/c1-15-9-11-10-16-7-6-14(11)18-13-5-3-4-12(8-13)17-2/h6-7,10,12-13,15H,3-5,8-9H2,1-2H3. The topological polar surface area (TPSA) is 43.4 Å². The molecule has 1 aromatic heterocycles. The number of aromatic nitrogens is 1. The molecule has 1 aromatic rings. The van der Waals surface area contributed by atoms with E-state index in [0.717, 1.165) is 37.1 Å². The monoisotopic (exact) mass is 250 g/mol. The average molecular weight is 250 g/mol. The van der Waals surface area contributed by atoms with Crippen molar-refractivity contribution in [3.8, 4) is 5.75 Å². The van der Waals surface area contributed by atoms with Gasteiger partial charge in [0.1, 0.15) is 11.9 Å². The van der Waals surface area contributed by atoms with Crippen LogP contribution in [0.15, 0.2) is 18.5 Å². The molecule has 0 aromatic carbocycles. The second-order valence-corrected chi connectivity index (χ2v) is 4.78. The van der Waals surface area contributed by atoms with E-state index in [4.69, 9.17) is 9.47 Å². The molecule has 4 nitrogen and oxygen atoms in total. The highest BCUT2D eigenvalue weighted by atomic mass is 16.5. The molecular weight excluding hydrogens is 228 g/mol. The van der Waals surface area contributed by atoms with Crippen LogP contribution in [0.2, 0.25) is 0 Å². The van der Waals surface area contributed by atoms with Gasteiger partial charge in [0, 0.05) is 38.0 Å². The van der Waals surface area contributed by atoms with Crippen LogP contribution in [0, 0.1) is 0 Å². The first kappa shape index (κ1) is 13.3. The summed E-state index contributed by atoms with van der Waals surface area (Å²) in [5.74, 6) is 0.945. The van der Waals surface area contributed by atoms with Crippen LogP contribution in [0.5, 0.6) is 5.75 Å². The van der Waals surface area contributed by atoms with E-state index >= 15 is 0 Å². The fourth-order valence-corrected chi connectivity index (χ4v) is 2.46. The first-order chi connectivity index (χ1) is 8.83. The number of methoxy groups -OCH3 is 1. The molecule has 4 heteroatoms. The smallest absolute Gasteiger partial charge is 0.127 e. The highest BCUT2D eigenvalue weighted by Gasteiger charge is 2.23. The van der Waals surface area contributed by atoms with Crippen molar-refractivity contribution in [3.05, 3.63) is 24.0 Å². The summed E-state index contributed by atoms with van der Waals surface area (Å²) < 4.78 is 11.5. The van der Waals surface area contributed by atoms with Gasteiger partial charge in [-0.3, -0.25) is 4.98 Å². The van der Waals surface area contributed by atoms with Crippen LogP contribution in [-0.4, -0.2) is 31.3 Å². The van der Waals surface area contributed by atoms with Crippen LogP contribution in [-0.2, 0) is 11.3 Å². The molecule has 2 unspecified atom stereocenters. The van der Waals surface area contributed by atoms with Gasteiger partial charge in [-0.15, -0.1) is 0 Å². The largest absolute Gasteiger partial charge is 0.490 e. The summed E-state index contributed by atoms with van der Waals surface area (Å²) in [7, 11) is 3.71. The minimum Gasteiger partial charge on any atom is -0.490 e. The van der Waals surface area contributed by atoms with E-state index in [-0.39, 0.29) is 6.10 Å². The first-order valence-corrected chi connectivity index (χ1v) is 6.60. The van der Waals surface area contributed by atoms with Crippen molar-refractivity contribution in [2.24, 2.45) is 0 Å². The van der Waals surface area contributed by atoms with Crippen LogP contribution < -0.4 is 10.1 Å². The van der Waals surface area contributed by atoms with E-state index in [9.17, 15) is 0 Å². The van der Waals surface area contributed by atoms with Gasteiger partial charge in [-0.05, 0) is 32.4 Å². The lowest BCUT2D eigenvalue weighted by Gasteiger charge is -2.29. The predicted molar refractivity (Wildman–Crippen MR) is 70.7 cm³/mol. The van der Waals surface area contributed by atoms with Gasteiger partial charge in [-0.25, -0.2) is 0 Å². The lowest BCUT2D eigenvalue weighted by Crippen LogP contribution is -2.29. The van der Waals surface area contributed by atoms with Crippen LogP contribution in [0.4, 0.5) is 0 Å². The van der Waals surface area contributed by atoms with Gasteiger partial charge in [0.15, 0.2) is 0 Å². The van der Waals surface area contributed by atoms with Crippen molar-refractivity contribution in [3.63, 3.8) is 0 Å². The Labute approximate surface area is 109 Å².